The Labute approximate surface area is 210 Å². The average Bonchev–Trinajstić information content (AvgIpc) is 3.19. The Balaban J connectivity index is 1.29. The fourth-order valence-electron chi connectivity index (χ4n) is 4.33. The van der Waals surface area contributed by atoms with Crippen LogP contribution in [-0.2, 0) is 4.74 Å². The number of phenols is 1. The number of rotatable bonds is 5. The molecule has 0 radical (unpaired) electrons. The summed E-state index contributed by atoms with van der Waals surface area (Å²) in [5.41, 5.74) is 5.33. The first-order chi connectivity index (χ1) is 17.0. The van der Waals surface area contributed by atoms with Gasteiger partial charge in [-0.25, -0.2) is 4.79 Å². The Morgan fingerprint density at radius 2 is 1.43 bits per heavy atom. The number of para-hydroxylation sites is 1. The molecule has 4 aromatic rings. The molecule has 0 saturated heterocycles. The van der Waals surface area contributed by atoms with Crippen molar-refractivity contribution in [2.45, 2.75) is 5.92 Å². The first-order valence-corrected chi connectivity index (χ1v) is 11.8. The number of amides is 2. The molecule has 0 spiro atoms. The SMILES string of the molecule is O=C(Nc1ccccc1C(=O)Nc1cc(Br)ccc1O)OCC1c2ccccc2-c2ccccc21. The first-order valence-electron chi connectivity index (χ1n) is 11.0. The lowest BCUT2D eigenvalue weighted by atomic mass is 9.98. The minimum absolute atomic E-state index is 0.0637. The molecule has 7 heteroatoms. The van der Waals surface area contributed by atoms with Crippen LogP contribution in [0.2, 0.25) is 0 Å². The zero-order valence-corrected chi connectivity index (χ0v) is 20.1. The minimum atomic E-state index is -0.655. The van der Waals surface area contributed by atoms with Gasteiger partial charge < -0.3 is 15.2 Å². The molecule has 0 atom stereocenters. The molecule has 35 heavy (non-hydrogen) atoms. The van der Waals surface area contributed by atoms with E-state index in [-0.39, 0.29) is 29.5 Å². The van der Waals surface area contributed by atoms with Gasteiger partial charge in [-0.3, -0.25) is 10.1 Å². The van der Waals surface area contributed by atoms with Crippen molar-refractivity contribution in [3.05, 3.63) is 112 Å². The third kappa shape index (κ3) is 4.63. The van der Waals surface area contributed by atoms with Gasteiger partial charge in [-0.2, -0.15) is 0 Å². The molecule has 0 heterocycles. The van der Waals surface area contributed by atoms with E-state index in [4.69, 9.17) is 4.74 Å². The molecule has 1 aliphatic rings. The lowest BCUT2D eigenvalue weighted by molar-refractivity contribution is 0.102. The topological polar surface area (TPSA) is 87.7 Å². The summed E-state index contributed by atoms with van der Waals surface area (Å²) in [7, 11) is 0. The largest absolute Gasteiger partial charge is 0.506 e. The second-order valence-corrected chi connectivity index (χ2v) is 9.03. The van der Waals surface area contributed by atoms with Crippen LogP contribution in [0.15, 0.2) is 95.5 Å². The van der Waals surface area contributed by atoms with E-state index < -0.39 is 12.0 Å². The molecule has 0 aliphatic heterocycles. The Hall–Kier alpha value is -4.10. The Morgan fingerprint density at radius 3 is 2.14 bits per heavy atom. The molecule has 174 valence electrons. The number of benzene rings is 4. The summed E-state index contributed by atoms with van der Waals surface area (Å²) in [5.74, 6) is -0.609. The van der Waals surface area contributed by atoms with Crippen molar-refractivity contribution in [1.29, 1.82) is 0 Å². The highest BCUT2D eigenvalue weighted by molar-refractivity contribution is 9.10. The molecule has 4 aromatic carbocycles. The van der Waals surface area contributed by atoms with Crippen molar-refractivity contribution in [3.8, 4) is 16.9 Å². The summed E-state index contributed by atoms with van der Waals surface area (Å²) in [5, 5.41) is 15.4. The van der Waals surface area contributed by atoms with Gasteiger partial charge in [-0.1, -0.05) is 76.6 Å². The molecule has 2 amide bonds. The summed E-state index contributed by atoms with van der Waals surface area (Å²) in [6.07, 6.45) is -0.655. The number of fused-ring (bicyclic) bond motifs is 3. The number of phenolic OH excluding ortho intramolecular Hbond substituents is 1. The molecule has 3 N–H and O–H groups in total. The van der Waals surface area contributed by atoms with Gasteiger partial charge in [-0.05, 0) is 52.6 Å². The smallest absolute Gasteiger partial charge is 0.411 e. The van der Waals surface area contributed by atoms with Crippen LogP contribution in [0.25, 0.3) is 11.1 Å². The lowest BCUT2D eigenvalue weighted by Crippen LogP contribution is -2.21. The normalized spacial score (nSPS) is 11.9. The second-order valence-electron chi connectivity index (χ2n) is 8.11. The Kier molecular flexibility index (Phi) is 6.25. The van der Waals surface area contributed by atoms with E-state index in [1.54, 1.807) is 36.4 Å². The maximum Gasteiger partial charge on any atom is 0.411 e. The molecule has 0 saturated carbocycles. The summed E-state index contributed by atoms with van der Waals surface area (Å²) in [4.78, 5) is 25.6. The van der Waals surface area contributed by atoms with Gasteiger partial charge in [-0.15, -0.1) is 0 Å². The van der Waals surface area contributed by atoms with E-state index in [0.29, 0.717) is 10.2 Å². The van der Waals surface area contributed by atoms with Gasteiger partial charge in [0.05, 0.1) is 16.9 Å². The Bertz CT molecular complexity index is 1390. The zero-order chi connectivity index (χ0) is 24.4. The molecule has 5 rings (SSSR count). The molecule has 0 unspecified atom stereocenters. The summed E-state index contributed by atoms with van der Waals surface area (Å²) in [6, 6.07) is 27.6. The Morgan fingerprint density at radius 1 is 0.800 bits per heavy atom. The number of aromatic hydroxyl groups is 1. The number of nitrogens with one attached hydrogen (secondary N) is 2. The van der Waals surface area contributed by atoms with E-state index in [9.17, 15) is 14.7 Å². The molecule has 0 fully saturated rings. The predicted octanol–water partition coefficient (Wildman–Crippen LogP) is 6.77. The van der Waals surface area contributed by atoms with Gasteiger partial charge in [0.15, 0.2) is 0 Å². The summed E-state index contributed by atoms with van der Waals surface area (Å²) < 4.78 is 6.31. The molecular weight excluding hydrogens is 508 g/mol. The van der Waals surface area contributed by atoms with Crippen LogP contribution in [-0.4, -0.2) is 23.7 Å². The van der Waals surface area contributed by atoms with Crippen LogP contribution in [0.1, 0.15) is 27.4 Å². The van der Waals surface area contributed by atoms with Crippen molar-refractivity contribution >= 4 is 39.3 Å². The van der Waals surface area contributed by atoms with Crippen molar-refractivity contribution in [2.24, 2.45) is 0 Å². The van der Waals surface area contributed by atoms with E-state index in [1.807, 2.05) is 24.3 Å². The number of ether oxygens (including phenoxy) is 1. The van der Waals surface area contributed by atoms with Crippen LogP contribution < -0.4 is 10.6 Å². The third-order valence-corrected chi connectivity index (χ3v) is 6.45. The van der Waals surface area contributed by atoms with Gasteiger partial charge in [0.25, 0.3) is 5.91 Å². The van der Waals surface area contributed by atoms with Crippen molar-refractivity contribution in [1.82, 2.24) is 0 Å². The van der Waals surface area contributed by atoms with Crippen LogP contribution in [0, 0.1) is 0 Å². The first kappa shape index (κ1) is 22.7. The maximum absolute atomic E-state index is 12.9. The number of carbonyl (C=O) groups excluding carboxylic acids is 2. The second kappa shape index (κ2) is 9.64. The quantitative estimate of drug-likeness (QED) is 0.249. The van der Waals surface area contributed by atoms with Crippen LogP contribution in [0.5, 0.6) is 5.75 Å². The third-order valence-electron chi connectivity index (χ3n) is 5.96. The average molecular weight is 529 g/mol. The number of anilines is 2. The summed E-state index contributed by atoms with van der Waals surface area (Å²) in [6.45, 7) is 0.167. The van der Waals surface area contributed by atoms with Crippen molar-refractivity contribution < 1.29 is 19.4 Å². The standard InChI is InChI=1S/C28H21BrN2O4/c29-17-13-14-26(32)25(15-17)30-27(33)22-11-5-6-12-24(22)31-28(34)35-16-23-20-9-3-1-7-18(20)19-8-2-4-10-21(19)23/h1-15,23,32H,16H2,(H,30,33)(H,31,34). The van der Waals surface area contributed by atoms with Crippen LogP contribution >= 0.6 is 15.9 Å². The highest BCUT2D eigenvalue weighted by Crippen LogP contribution is 2.44. The van der Waals surface area contributed by atoms with Gasteiger partial charge in [0.2, 0.25) is 0 Å². The maximum atomic E-state index is 12.9. The highest BCUT2D eigenvalue weighted by Gasteiger charge is 2.29. The minimum Gasteiger partial charge on any atom is -0.506 e. The monoisotopic (exact) mass is 528 g/mol. The van der Waals surface area contributed by atoms with Gasteiger partial charge in [0.1, 0.15) is 12.4 Å². The molecule has 6 nitrogen and oxygen atoms in total. The zero-order valence-electron chi connectivity index (χ0n) is 18.5. The van der Waals surface area contributed by atoms with Crippen LogP contribution in [0.3, 0.4) is 0 Å². The molecule has 0 bridgehead atoms. The van der Waals surface area contributed by atoms with E-state index in [2.05, 4.69) is 50.8 Å². The van der Waals surface area contributed by atoms with Gasteiger partial charge >= 0.3 is 6.09 Å². The van der Waals surface area contributed by atoms with E-state index >= 15 is 0 Å². The number of halogens is 1. The number of hydrogen-bond acceptors (Lipinski definition) is 4. The van der Waals surface area contributed by atoms with Crippen molar-refractivity contribution in [3.63, 3.8) is 0 Å². The molecule has 0 aromatic heterocycles. The molecule has 1 aliphatic carbocycles. The fourth-order valence-corrected chi connectivity index (χ4v) is 4.69. The van der Waals surface area contributed by atoms with Crippen molar-refractivity contribution in [2.75, 3.05) is 17.2 Å². The van der Waals surface area contributed by atoms with Gasteiger partial charge in [0, 0.05) is 10.4 Å². The van der Waals surface area contributed by atoms with E-state index in [0.717, 1.165) is 22.3 Å². The lowest BCUT2D eigenvalue weighted by Gasteiger charge is -2.16. The summed E-state index contributed by atoms with van der Waals surface area (Å²) >= 11 is 3.32. The number of carbonyl (C=O) groups is 2. The van der Waals surface area contributed by atoms with Crippen LogP contribution in [0.4, 0.5) is 16.2 Å². The predicted molar refractivity (Wildman–Crippen MR) is 139 cm³/mol. The highest BCUT2D eigenvalue weighted by atomic mass is 79.9. The molecular formula is C28H21BrN2O4. The fraction of sp³-hybridized carbons (Fsp3) is 0.0714. The van der Waals surface area contributed by atoms with E-state index in [1.165, 1.54) is 6.07 Å². The number of hydrogen-bond donors (Lipinski definition) is 3.